The third-order valence-corrected chi connectivity index (χ3v) is 5.27. The van der Waals surface area contributed by atoms with E-state index in [2.05, 4.69) is 0 Å². The SMILES string of the molecule is CON(C)C(=O)c1ccc2c(=O)n(CC(C)C)c(N(C)C(=O)O)c(-c3ccccc3)c2c1. The van der Waals surface area contributed by atoms with Crippen LogP contribution in [0.25, 0.3) is 21.9 Å². The number of fused-ring (bicyclic) bond motifs is 1. The van der Waals surface area contributed by atoms with Crippen LogP contribution in [0.4, 0.5) is 10.6 Å². The Hall–Kier alpha value is -3.65. The molecule has 168 valence electrons. The van der Waals surface area contributed by atoms with E-state index in [0.29, 0.717) is 28.4 Å². The first-order chi connectivity index (χ1) is 15.2. The van der Waals surface area contributed by atoms with E-state index < -0.39 is 6.09 Å². The molecule has 0 aliphatic rings. The maximum atomic E-state index is 13.5. The van der Waals surface area contributed by atoms with Gasteiger partial charge in [0.15, 0.2) is 0 Å². The molecule has 3 rings (SSSR count). The summed E-state index contributed by atoms with van der Waals surface area (Å²) in [4.78, 5) is 44.3. The minimum absolute atomic E-state index is 0.103. The summed E-state index contributed by atoms with van der Waals surface area (Å²) in [7, 11) is 4.30. The van der Waals surface area contributed by atoms with Crippen molar-refractivity contribution >= 4 is 28.6 Å². The molecule has 2 amide bonds. The maximum Gasteiger partial charge on any atom is 0.412 e. The van der Waals surface area contributed by atoms with Gasteiger partial charge in [-0.2, -0.15) is 0 Å². The number of hydrogen-bond donors (Lipinski definition) is 1. The van der Waals surface area contributed by atoms with Crippen LogP contribution in [0.1, 0.15) is 24.2 Å². The number of hydrogen-bond acceptors (Lipinski definition) is 4. The molecule has 0 saturated heterocycles. The summed E-state index contributed by atoms with van der Waals surface area (Å²) in [6, 6.07) is 14.1. The zero-order chi connectivity index (χ0) is 23.6. The smallest absolute Gasteiger partial charge is 0.412 e. The number of carbonyl (C=O) groups is 2. The lowest BCUT2D eigenvalue weighted by Crippen LogP contribution is -2.34. The van der Waals surface area contributed by atoms with Crippen LogP contribution in [0, 0.1) is 5.92 Å². The number of carboxylic acid groups (broad SMARTS) is 1. The Morgan fingerprint density at radius 1 is 1.06 bits per heavy atom. The molecule has 1 heterocycles. The van der Waals surface area contributed by atoms with Crippen LogP contribution in [0.3, 0.4) is 0 Å². The predicted octanol–water partition coefficient (Wildman–Crippen LogP) is 4.07. The Balaban J connectivity index is 2.51. The highest BCUT2D eigenvalue weighted by molar-refractivity contribution is 6.07. The van der Waals surface area contributed by atoms with Gasteiger partial charge in [0.05, 0.1) is 7.11 Å². The van der Waals surface area contributed by atoms with E-state index >= 15 is 0 Å². The van der Waals surface area contributed by atoms with Crippen LogP contribution in [-0.4, -0.2) is 47.9 Å². The number of pyridine rings is 1. The highest BCUT2D eigenvalue weighted by Crippen LogP contribution is 2.36. The lowest BCUT2D eigenvalue weighted by molar-refractivity contribution is -0.0756. The first-order valence-electron chi connectivity index (χ1n) is 10.2. The van der Waals surface area contributed by atoms with Gasteiger partial charge >= 0.3 is 6.09 Å². The second kappa shape index (κ2) is 9.23. The quantitative estimate of drug-likeness (QED) is 0.587. The number of nitrogens with zero attached hydrogens (tertiary/aromatic N) is 3. The second-order valence-corrected chi connectivity index (χ2v) is 7.96. The molecule has 0 aliphatic carbocycles. The number of anilines is 1. The molecule has 3 aromatic rings. The van der Waals surface area contributed by atoms with Crippen molar-refractivity contribution in [2.24, 2.45) is 5.92 Å². The number of rotatable bonds is 6. The molecule has 0 spiro atoms. The average Bonchev–Trinajstić information content (AvgIpc) is 2.79. The zero-order valence-electron chi connectivity index (χ0n) is 18.8. The fourth-order valence-corrected chi connectivity index (χ4v) is 3.70. The topological polar surface area (TPSA) is 92.1 Å². The monoisotopic (exact) mass is 437 g/mol. The van der Waals surface area contributed by atoms with Gasteiger partial charge in [0, 0.05) is 37.2 Å². The van der Waals surface area contributed by atoms with Gasteiger partial charge in [0.25, 0.3) is 11.5 Å². The molecule has 8 heteroatoms. The molecule has 32 heavy (non-hydrogen) atoms. The summed E-state index contributed by atoms with van der Waals surface area (Å²) in [5.41, 5.74) is 1.32. The molecule has 0 radical (unpaired) electrons. The van der Waals surface area contributed by atoms with E-state index in [4.69, 9.17) is 4.84 Å². The van der Waals surface area contributed by atoms with E-state index in [0.717, 1.165) is 15.5 Å². The predicted molar refractivity (Wildman–Crippen MR) is 124 cm³/mol. The summed E-state index contributed by atoms with van der Waals surface area (Å²) in [5, 5.41) is 11.8. The summed E-state index contributed by atoms with van der Waals surface area (Å²) < 4.78 is 1.51. The third-order valence-electron chi connectivity index (χ3n) is 5.27. The number of aromatic nitrogens is 1. The Bertz CT molecular complexity index is 1220. The van der Waals surface area contributed by atoms with Crippen molar-refractivity contribution < 1.29 is 19.5 Å². The highest BCUT2D eigenvalue weighted by Gasteiger charge is 2.25. The number of hydroxylamine groups is 2. The van der Waals surface area contributed by atoms with E-state index in [1.807, 2.05) is 44.2 Å². The molecular formula is C24H27N3O5. The van der Waals surface area contributed by atoms with Crippen molar-refractivity contribution in [1.29, 1.82) is 0 Å². The molecule has 8 nitrogen and oxygen atoms in total. The molecule has 0 fully saturated rings. The zero-order valence-corrected chi connectivity index (χ0v) is 18.8. The molecule has 1 N–H and O–H groups in total. The van der Waals surface area contributed by atoms with Crippen molar-refractivity contribution in [3.63, 3.8) is 0 Å². The second-order valence-electron chi connectivity index (χ2n) is 7.96. The molecule has 0 unspecified atom stereocenters. The minimum atomic E-state index is -1.19. The normalized spacial score (nSPS) is 11.1. The molecule has 2 aromatic carbocycles. The van der Waals surface area contributed by atoms with Gasteiger partial charge < -0.3 is 5.11 Å². The van der Waals surface area contributed by atoms with Crippen LogP contribution in [0.2, 0.25) is 0 Å². The van der Waals surface area contributed by atoms with Crippen molar-refractivity contribution in [3.8, 4) is 11.1 Å². The van der Waals surface area contributed by atoms with Gasteiger partial charge in [-0.05, 0) is 35.1 Å². The van der Waals surface area contributed by atoms with E-state index in [9.17, 15) is 19.5 Å². The van der Waals surface area contributed by atoms with E-state index in [1.165, 1.54) is 25.8 Å². The number of amides is 2. The van der Waals surface area contributed by atoms with Gasteiger partial charge in [-0.15, -0.1) is 0 Å². The van der Waals surface area contributed by atoms with Crippen LogP contribution >= 0.6 is 0 Å². The van der Waals surface area contributed by atoms with Gasteiger partial charge in [-0.1, -0.05) is 44.2 Å². The minimum Gasteiger partial charge on any atom is -0.465 e. The van der Waals surface area contributed by atoms with E-state index in [-0.39, 0.29) is 23.2 Å². The molecule has 0 saturated carbocycles. The van der Waals surface area contributed by atoms with Crippen LogP contribution < -0.4 is 10.5 Å². The number of carbonyl (C=O) groups excluding carboxylic acids is 1. The van der Waals surface area contributed by atoms with Crippen LogP contribution in [-0.2, 0) is 11.4 Å². The summed E-state index contributed by atoms with van der Waals surface area (Å²) >= 11 is 0. The molecular weight excluding hydrogens is 410 g/mol. The van der Waals surface area contributed by atoms with Crippen molar-refractivity contribution in [2.75, 3.05) is 26.1 Å². The molecule has 0 aliphatic heterocycles. The lowest BCUT2D eigenvalue weighted by Gasteiger charge is -2.26. The van der Waals surface area contributed by atoms with Crippen molar-refractivity contribution in [3.05, 3.63) is 64.4 Å². The Labute approximate surface area is 186 Å². The number of benzene rings is 2. The van der Waals surface area contributed by atoms with Crippen molar-refractivity contribution in [1.82, 2.24) is 9.63 Å². The standard InChI is InChI=1S/C24H27N3O5/c1-15(2)14-27-21(25(3)24(30)31)20(16-9-7-6-8-10-16)19-13-17(22(28)26(4)32-5)11-12-18(19)23(27)29/h6-13,15H,14H2,1-5H3,(H,30,31). The largest absolute Gasteiger partial charge is 0.465 e. The summed E-state index contributed by atoms with van der Waals surface area (Å²) in [6.07, 6.45) is -1.19. The third kappa shape index (κ3) is 4.22. The van der Waals surface area contributed by atoms with Gasteiger partial charge in [0.1, 0.15) is 5.82 Å². The summed E-state index contributed by atoms with van der Waals surface area (Å²) in [5.74, 6) is -0.0153. The van der Waals surface area contributed by atoms with Crippen molar-refractivity contribution in [2.45, 2.75) is 20.4 Å². The fraction of sp³-hybridized carbons (Fsp3) is 0.292. The Morgan fingerprint density at radius 2 is 1.72 bits per heavy atom. The first-order valence-corrected chi connectivity index (χ1v) is 10.2. The Morgan fingerprint density at radius 3 is 2.28 bits per heavy atom. The van der Waals surface area contributed by atoms with Crippen LogP contribution in [0.15, 0.2) is 53.3 Å². The lowest BCUT2D eigenvalue weighted by atomic mass is 9.96. The van der Waals surface area contributed by atoms with Gasteiger partial charge in [0.2, 0.25) is 0 Å². The maximum absolute atomic E-state index is 13.5. The highest BCUT2D eigenvalue weighted by atomic mass is 16.7. The van der Waals surface area contributed by atoms with Crippen LogP contribution in [0.5, 0.6) is 0 Å². The first kappa shape index (κ1) is 23.0. The molecule has 0 atom stereocenters. The Kier molecular flexibility index (Phi) is 6.64. The fourth-order valence-electron chi connectivity index (χ4n) is 3.70. The van der Waals surface area contributed by atoms with Gasteiger partial charge in [-0.25, -0.2) is 9.86 Å². The van der Waals surface area contributed by atoms with Gasteiger partial charge in [-0.3, -0.25) is 23.9 Å². The summed E-state index contributed by atoms with van der Waals surface area (Å²) in [6.45, 7) is 4.27. The molecule has 1 aromatic heterocycles. The van der Waals surface area contributed by atoms with E-state index in [1.54, 1.807) is 18.2 Å². The molecule has 0 bridgehead atoms. The average molecular weight is 437 g/mol.